The van der Waals surface area contributed by atoms with Crippen molar-refractivity contribution in [3.63, 3.8) is 0 Å². The van der Waals surface area contributed by atoms with Crippen LogP contribution in [0.5, 0.6) is 0 Å². The van der Waals surface area contributed by atoms with Crippen molar-refractivity contribution in [3.05, 3.63) is 48.1 Å². The lowest BCUT2D eigenvalue weighted by Crippen LogP contribution is -2.30. The van der Waals surface area contributed by atoms with E-state index in [2.05, 4.69) is 37.7 Å². The van der Waals surface area contributed by atoms with Gasteiger partial charge < -0.3 is 10.2 Å². The summed E-state index contributed by atoms with van der Waals surface area (Å²) in [6, 6.07) is 10.2. The van der Waals surface area contributed by atoms with Crippen LogP contribution in [0, 0.1) is 0 Å². The van der Waals surface area contributed by atoms with Gasteiger partial charge in [-0.25, -0.2) is 9.97 Å². The molecule has 4 rings (SSSR count). The fourth-order valence-electron chi connectivity index (χ4n) is 2.87. The fraction of sp³-hybridized carbons (Fsp3) is 0.278. The molecule has 0 unspecified atom stereocenters. The van der Waals surface area contributed by atoms with Gasteiger partial charge in [0.2, 0.25) is 0 Å². The van der Waals surface area contributed by atoms with Crippen molar-refractivity contribution < 1.29 is 0 Å². The lowest BCUT2D eigenvalue weighted by atomic mass is 10.1. The summed E-state index contributed by atoms with van der Waals surface area (Å²) in [7, 11) is 0. The third-order valence-corrected chi connectivity index (χ3v) is 4.87. The largest absolute Gasteiger partial charge is 0.355 e. The van der Waals surface area contributed by atoms with E-state index in [-0.39, 0.29) is 0 Å². The van der Waals surface area contributed by atoms with Crippen molar-refractivity contribution >= 4 is 28.1 Å². The molecule has 0 bridgehead atoms. The number of hydrogen-bond donors (Lipinski definition) is 1. The van der Waals surface area contributed by atoms with Crippen LogP contribution in [-0.2, 0) is 0 Å². The summed E-state index contributed by atoms with van der Waals surface area (Å²) in [5.41, 5.74) is 2.10. The average molecular weight is 337 g/mol. The van der Waals surface area contributed by atoms with Crippen molar-refractivity contribution in [1.29, 1.82) is 0 Å². The molecule has 1 saturated heterocycles. The van der Waals surface area contributed by atoms with Crippen LogP contribution in [-0.4, -0.2) is 28.0 Å². The molecule has 5 nitrogen and oxygen atoms in total. The highest BCUT2D eigenvalue weighted by Crippen LogP contribution is 2.27. The molecular weight excluding hydrogens is 318 g/mol. The molecule has 1 aliphatic heterocycles. The van der Waals surface area contributed by atoms with Gasteiger partial charge in [-0.3, -0.25) is 4.98 Å². The molecule has 0 saturated carbocycles. The van der Waals surface area contributed by atoms with Gasteiger partial charge in [-0.05, 0) is 19.3 Å². The highest BCUT2D eigenvalue weighted by atomic mass is 32.1. The molecule has 122 valence electrons. The molecule has 0 amide bonds. The van der Waals surface area contributed by atoms with Crippen LogP contribution < -0.4 is 10.2 Å². The van der Waals surface area contributed by atoms with Gasteiger partial charge in [0.1, 0.15) is 5.82 Å². The normalized spacial score (nSPS) is 14.6. The molecular formula is C18H19N5S. The summed E-state index contributed by atoms with van der Waals surface area (Å²) in [5, 5.41) is 6.17. The van der Waals surface area contributed by atoms with E-state index in [0.717, 1.165) is 41.1 Å². The molecule has 0 atom stereocenters. The second-order valence-corrected chi connectivity index (χ2v) is 6.70. The number of piperidine rings is 1. The predicted molar refractivity (Wildman–Crippen MR) is 98.9 cm³/mol. The third kappa shape index (κ3) is 3.38. The summed E-state index contributed by atoms with van der Waals surface area (Å²) in [6.07, 6.45) is 7.35. The summed E-state index contributed by atoms with van der Waals surface area (Å²) in [4.78, 5) is 16.0. The maximum absolute atomic E-state index is 4.69. The van der Waals surface area contributed by atoms with Crippen LogP contribution in [0.15, 0.2) is 48.1 Å². The Labute approximate surface area is 145 Å². The van der Waals surface area contributed by atoms with Crippen LogP contribution in [0.3, 0.4) is 0 Å². The summed E-state index contributed by atoms with van der Waals surface area (Å²) in [5.74, 6) is 1.69. The molecule has 2 aromatic heterocycles. The Balaban J connectivity index is 1.50. The monoisotopic (exact) mass is 337 g/mol. The first-order chi connectivity index (χ1) is 11.9. The molecule has 1 fully saturated rings. The summed E-state index contributed by atoms with van der Waals surface area (Å²) >= 11 is 1.58. The second kappa shape index (κ2) is 6.97. The van der Waals surface area contributed by atoms with Gasteiger partial charge in [0, 0.05) is 24.0 Å². The van der Waals surface area contributed by atoms with Gasteiger partial charge in [-0.15, -0.1) is 11.3 Å². The smallest absolute Gasteiger partial charge is 0.188 e. The standard InChI is InChI=1S/C18H19N5S/c1-3-7-14(8-4-1)15-13-24-18(20-15)22-16-11-19-12-17(21-16)23-9-5-2-6-10-23/h1,3-4,7-8,11-13H,2,5-6,9-10H2,(H,20,21,22). The number of thiazole rings is 1. The number of rotatable bonds is 4. The first-order valence-corrected chi connectivity index (χ1v) is 9.11. The first kappa shape index (κ1) is 15.1. The number of hydrogen-bond acceptors (Lipinski definition) is 6. The third-order valence-electron chi connectivity index (χ3n) is 4.11. The maximum atomic E-state index is 4.69. The topological polar surface area (TPSA) is 53.9 Å². The molecule has 24 heavy (non-hydrogen) atoms. The SMILES string of the molecule is c1ccc(-c2csc(Nc3cncc(N4CCCCC4)n3)n2)cc1. The van der Waals surface area contributed by atoms with Gasteiger partial charge in [-0.1, -0.05) is 30.3 Å². The lowest BCUT2D eigenvalue weighted by molar-refractivity contribution is 0.573. The number of aromatic nitrogens is 3. The molecule has 1 N–H and O–H groups in total. The molecule has 0 aliphatic carbocycles. The Kier molecular flexibility index (Phi) is 4.38. The van der Waals surface area contributed by atoms with Crippen molar-refractivity contribution in [2.24, 2.45) is 0 Å². The number of benzene rings is 1. The predicted octanol–water partition coefficient (Wildman–Crippen LogP) is 4.33. The first-order valence-electron chi connectivity index (χ1n) is 8.23. The van der Waals surface area contributed by atoms with E-state index in [9.17, 15) is 0 Å². The Bertz CT molecular complexity index is 796. The van der Waals surface area contributed by atoms with Gasteiger partial charge in [0.15, 0.2) is 10.9 Å². The zero-order valence-electron chi connectivity index (χ0n) is 13.4. The fourth-order valence-corrected chi connectivity index (χ4v) is 3.60. The van der Waals surface area contributed by atoms with Crippen molar-refractivity contribution in [3.8, 4) is 11.3 Å². The van der Waals surface area contributed by atoms with E-state index in [4.69, 9.17) is 4.98 Å². The van der Waals surface area contributed by atoms with Crippen LogP contribution in [0.25, 0.3) is 11.3 Å². The van der Waals surface area contributed by atoms with Gasteiger partial charge in [0.25, 0.3) is 0 Å². The lowest BCUT2D eigenvalue weighted by Gasteiger charge is -2.27. The van der Waals surface area contributed by atoms with E-state index in [0.29, 0.717) is 0 Å². The zero-order chi connectivity index (χ0) is 16.2. The van der Waals surface area contributed by atoms with Gasteiger partial charge in [-0.2, -0.15) is 0 Å². The molecule has 3 aromatic rings. The Morgan fingerprint density at radius 3 is 2.62 bits per heavy atom. The van der Waals surface area contributed by atoms with E-state index < -0.39 is 0 Å². The minimum absolute atomic E-state index is 0.743. The Morgan fingerprint density at radius 2 is 1.79 bits per heavy atom. The minimum atomic E-state index is 0.743. The molecule has 1 aliphatic rings. The minimum Gasteiger partial charge on any atom is -0.355 e. The maximum Gasteiger partial charge on any atom is 0.188 e. The number of nitrogens with zero attached hydrogens (tertiary/aromatic N) is 4. The molecule has 0 spiro atoms. The molecule has 0 radical (unpaired) electrons. The second-order valence-electron chi connectivity index (χ2n) is 5.84. The van der Waals surface area contributed by atoms with Crippen LogP contribution in [0.1, 0.15) is 19.3 Å². The van der Waals surface area contributed by atoms with E-state index >= 15 is 0 Å². The quantitative estimate of drug-likeness (QED) is 0.768. The van der Waals surface area contributed by atoms with Gasteiger partial charge in [0.05, 0.1) is 18.1 Å². The van der Waals surface area contributed by atoms with Crippen LogP contribution in [0.4, 0.5) is 16.8 Å². The van der Waals surface area contributed by atoms with Crippen molar-refractivity contribution in [2.45, 2.75) is 19.3 Å². The van der Waals surface area contributed by atoms with E-state index in [1.54, 1.807) is 17.5 Å². The highest BCUT2D eigenvalue weighted by Gasteiger charge is 2.13. The van der Waals surface area contributed by atoms with Gasteiger partial charge >= 0.3 is 0 Å². The average Bonchev–Trinajstić information content (AvgIpc) is 3.12. The Morgan fingerprint density at radius 1 is 0.958 bits per heavy atom. The van der Waals surface area contributed by atoms with Crippen molar-refractivity contribution in [2.75, 3.05) is 23.3 Å². The zero-order valence-corrected chi connectivity index (χ0v) is 14.2. The summed E-state index contributed by atoms with van der Waals surface area (Å²) in [6.45, 7) is 2.13. The molecule has 1 aromatic carbocycles. The highest BCUT2D eigenvalue weighted by molar-refractivity contribution is 7.14. The van der Waals surface area contributed by atoms with E-state index in [1.807, 2.05) is 24.4 Å². The molecule has 6 heteroatoms. The van der Waals surface area contributed by atoms with E-state index in [1.165, 1.54) is 19.3 Å². The number of anilines is 3. The van der Waals surface area contributed by atoms with Crippen molar-refractivity contribution in [1.82, 2.24) is 15.0 Å². The summed E-state index contributed by atoms with van der Waals surface area (Å²) < 4.78 is 0. The van der Waals surface area contributed by atoms with Crippen LogP contribution in [0.2, 0.25) is 0 Å². The number of nitrogens with one attached hydrogen (secondary N) is 1. The molecule has 3 heterocycles. The van der Waals surface area contributed by atoms with Crippen LogP contribution >= 0.6 is 11.3 Å². The Hall–Kier alpha value is -2.47.